The van der Waals surface area contributed by atoms with Crippen molar-refractivity contribution < 1.29 is 4.74 Å². The second-order valence-corrected chi connectivity index (χ2v) is 5.93. The highest BCUT2D eigenvalue weighted by molar-refractivity contribution is 9.10. The normalized spacial score (nSPS) is 18.8. The Morgan fingerprint density at radius 2 is 2.17 bits per heavy atom. The number of nitrogens with one attached hydrogen (secondary N) is 1. The van der Waals surface area contributed by atoms with E-state index in [0.717, 1.165) is 36.9 Å². The zero-order valence-electron chi connectivity index (χ0n) is 10.8. The molecule has 1 fully saturated rings. The summed E-state index contributed by atoms with van der Waals surface area (Å²) in [5.74, 6) is 6.45. The number of hydrogen-bond donors (Lipinski definition) is 2. The molecule has 0 aromatic heterocycles. The van der Waals surface area contributed by atoms with Crippen molar-refractivity contribution in [1.29, 1.82) is 0 Å². The van der Waals surface area contributed by atoms with Crippen LogP contribution in [0.15, 0.2) is 22.7 Å². The van der Waals surface area contributed by atoms with Crippen LogP contribution in [0.3, 0.4) is 0 Å². The summed E-state index contributed by atoms with van der Waals surface area (Å²) < 4.78 is 6.51. The largest absolute Gasteiger partial charge is 0.381 e. The molecular weight excluding hydrogens is 292 g/mol. The maximum Gasteiger partial charge on any atom is 0.0468 e. The third-order valence-electron chi connectivity index (χ3n) is 3.73. The van der Waals surface area contributed by atoms with Crippen LogP contribution in [0.25, 0.3) is 0 Å². The van der Waals surface area contributed by atoms with E-state index in [0.29, 0.717) is 5.92 Å². The van der Waals surface area contributed by atoms with Crippen molar-refractivity contribution in [2.24, 2.45) is 11.8 Å². The second-order valence-electron chi connectivity index (χ2n) is 5.01. The zero-order valence-corrected chi connectivity index (χ0v) is 12.4. The van der Waals surface area contributed by atoms with Gasteiger partial charge in [0.15, 0.2) is 0 Å². The summed E-state index contributed by atoms with van der Waals surface area (Å²) in [5.41, 5.74) is 5.55. The molecular formula is C14H21BrN2O. The molecule has 1 aliphatic rings. The third kappa shape index (κ3) is 3.54. The van der Waals surface area contributed by atoms with Crippen LogP contribution in [0.1, 0.15) is 36.4 Å². The topological polar surface area (TPSA) is 47.3 Å². The molecule has 0 aliphatic carbocycles. The molecule has 0 spiro atoms. The predicted molar refractivity (Wildman–Crippen MR) is 77.1 cm³/mol. The first-order chi connectivity index (χ1) is 8.70. The molecule has 3 nitrogen and oxygen atoms in total. The van der Waals surface area contributed by atoms with Crippen molar-refractivity contribution in [3.8, 4) is 0 Å². The minimum atomic E-state index is 0.227. The van der Waals surface area contributed by atoms with E-state index in [4.69, 9.17) is 10.6 Å². The van der Waals surface area contributed by atoms with Crippen LogP contribution in [0.4, 0.5) is 0 Å². The number of ether oxygens (including phenoxy) is 1. The van der Waals surface area contributed by atoms with Gasteiger partial charge in [0, 0.05) is 23.7 Å². The highest BCUT2D eigenvalue weighted by Gasteiger charge is 2.20. The van der Waals surface area contributed by atoms with E-state index in [1.165, 1.54) is 11.1 Å². The summed E-state index contributed by atoms with van der Waals surface area (Å²) in [6, 6.07) is 6.60. The number of aryl methyl sites for hydroxylation is 1. The van der Waals surface area contributed by atoms with Crippen LogP contribution in [0.5, 0.6) is 0 Å². The van der Waals surface area contributed by atoms with Crippen LogP contribution in [-0.2, 0) is 4.74 Å². The first-order valence-corrected chi connectivity index (χ1v) is 7.30. The summed E-state index contributed by atoms with van der Waals surface area (Å²) in [6.07, 6.45) is 3.37. The van der Waals surface area contributed by atoms with Gasteiger partial charge in [-0.25, -0.2) is 0 Å². The molecule has 1 heterocycles. The van der Waals surface area contributed by atoms with Crippen molar-refractivity contribution in [2.75, 3.05) is 13.2 Å². The van der Waals surface area contributed by atoms with Gasteiger partial charge < -0.3 is 4.74 Å². The Morgan fingerprint density at radius 3 is 2.83 bits per heavy atom. The van der Waals surface area contributed by atoms with Gasteiger partial charge in [-0.1, -0.05) is 22.0 Å². The van der Waals surface area contributed by atoms with Crippen molar-refractivity contribution in [2.45, 2.75) is 32.2 Å². The van der Waals surface area contributed by atoms with Crippen LogP contribution in [-0.4, -0.2) is 13.2 Å². The van der Waals surface area contributed by atoms with Gasteiger partial charge in [-0.2, -0.15) is 0 Å². The van der Waals surface area contributed by atoms with Gasteiger partial charge in [-0.15, -0.1) is 0 Å². The highest BCUT2D eigenvalue weighted by atomic mass is 79.9. The third-order valence-corrected chi connectivity index (χ3v) is 4.22. The smallest absolute Gasteiger partial charge is 0.0468 e. The monoisotopic (exact) mass is 312 g/mol. The number of benzene rings is 1. The van der Waals surface area contributed by atoms with E-state index in [1.54, 1.807) is 0 Å². The molecule has 0 bridgehead atoms. The number of nitrogens with two attached hydrogens (primary N) is 1. The van der Waals surface area contributed by atoms with Crippen LogP contribution in [0.2, 0.25) is 0 Å². The average molecular weight is 313 g/mol. The fourth-order valence-corrected chi connectivity index (χ4v) is 2.97. The first kappa shape index (κ1) is 14.0. The number of hydrogen-bond acceptors (Lipinski definition) is 3. The maximum atomic E-state index is 5.74. The van der Waals surface area contributed by atoms with Gasteiger partial charge in [0.2, 0.25) is 0 Å². The lowest BCUT2D eigenvalue weighted by Crippen LogP contribution is -2.31. The van der Waals surface area contributed by atoms with Gasteiger partial charge in [0.05, 0.1) is 0 Å². The van der Waals surface area contributed by atoms with Gasteiger partial charge in [0.1, 0.15) is 0 Å². The second kappa shape index (κ2) is 6.66. The molecule has 1 atom stereocenters. The molecule has 0 radical (unpaired) electrons. The Kier molecular flexibility index (Phi) is 5.18. The molecule has 18 heavy (non-hydrogen) atoms. The van der Waals surface area contributed by atoms with Crippen molar-refractivity contribution >= 4 is 15.9 Å². The SMILES string of the molecule is Cc1ccc(Br)cc1C(CC1CCOCC1)NN. The van der Waals surface area contributed by atoms with Gasteiger partial charge in [0.25, 0.3) is 0 Å². The molecule has 0 amide bonds. The summed E-state index contributed by atoms with van der Waals surface area (Å²) in [6.45, 7) is 3.91. The van der Waals surface area contributed by atoms with E-state index < -0.39 is 0 Å². The van der Waals surface area contributed by atoms with Crippen molar-refractivity contribution in [1.82, 2.24) is 5.43 Å². The first-order valence-electron chi connectivity index (χ1n) is 6.50. The minimum absolute atomic E-state index is 0.227. The Bertz CT molecular complexity index is 391. The molecule has 0 saturated carbocycles. The number of hydrazine groups is 1. The van der Waals surface area contributed by atoms with E-state index in [9.17, 15) is 0 Å². The fraction of sp³-hybridized carbons (Fsp3) is 0.571. The van der Waals surface area contributed by atoms with Crippen LogP contribution >= 0.6 is 15.9 Å². The van der Waals surface area contributed by atoms with E-state index in [2.05, 4.69) is 46.5 Å². The fourth-order valence-electron chi connectivity index (χ4n) is 2.59. The molecule has 1 saturated heterocycles. The van der Waals surface area contributed by atoms with E-state index >= 15 is 0 Å². The minimum Gasteiger partial charge on any atom is -0.381 e. The Balaban J connectivity index is 2.09. The lowest BCUT2D eigenvalue weighted by Gasteiger charge is -2.27. The Morgan fingerprint density at radius 1 is 1.44 bits per heavy atom. The Labute approximate surface area is 117 Å². The maximum absolute atomic E-state index is 5.74. The van der Waals surface area contributed by atoms with Crippen LogP contribution in [0, 0.1) is 12.8 Å². The molecule has 1 aromatic rings. The quantitative estimate of drug-likeness (QED) is 0.663. The van der Waals surface area contributed by atoms with E-state index in [1.807, 2.05) is 0 Å². The molecule has 100 valence electrons. The summed E-state index contributed by atoms with van der Waals surface area (Å²) in [5, 5.41) is 0. The summed E-state index contributed by atoms with van der Waals surface area (Å²) in [4.78, 5) is 0. The average Bonchev–Trinajstić information content (AvgIpc) is 2.40. The van der Waals surface area contributed by atoms with E-state index in [-0.39, 0.29) is 6.04 Å². The summed E-state index contributed by atoms with van der Waals surface area (Å²) >= 11 is 3.53. The molecule has 3 N–H and O–H groups in total. The highest BCUT2D eigenvalue weighted by Crippen LogP contribution is 2.30. The molecule has 4 heteroatoms. The predicted octanol–water partition coefficient (Wildman–Crippen LogP) is 3.08. The molecule has 1 aliphatic heterocycles. The molecule has 1 unspecified atom stereocenters. The molecule has 1 aromatic carbocycles. The Hall–Kier alpha value is -0.420. The summed E-state index contributed by atoms with van der Waals surface area (Å²) in [7, 11) is 0. The zero-order chi connectivity index (χ0) is 13.0. The lowest BCUT2D eigenvalue weighted by molar-refractivity contribution is 0.0605. The lowest BCUT2D eigenvalue weighted by atomic mass is 9.88. The van der Waals surface area contributed by atoms with Crippen LogP contribution < -0.4 is 11.3 Å². The van der Waals surface area contributed by atoms with Crippen molar-refractivity contribution in [3.63, 3.8) is 0 Å². The van der Waals surface area contributed by atoms with Gasteiger partial charge in [-0.3, -0.25) is 11.3 Å². The van der Waals surface area contributed by atoms with Gasteiger partial charge in [-0.05, 0) is 55.4 Å². The standard InChI is InChI=1S/C14H21BrN2O/c1-10-2-3-12(15)9-13(10)14(17-16)8-11-4-6-18-7-5-11/h2-3,9,11,14,17H,4-8,16H2,1H3. The number of halogens is 1. The molecule has 2 rings (SSSR count). The number of rotatable bonds is 4. The van der Waals surface area contributed by atoms with Gasteiger partial charge >= 0.3 is 0 Å². The van der Waals surface area contributed by atoms with Crippen molar-refractivity contribution in [3.05, 3.63) is 33.8 Å².